The summed E-state index contributed by atoms with van der Waals surface area (Å²) >= 11 is 0. The molecule has 0 aliphatic carbocycles. The normalized spacial score (nSPS) is 10.9. The van der Waals surface area contributed by atoms with Crippen molar-refractivity contribution in [3.8, 4) is 0 Å². The highest BCUT2D eigenvalue weighted by Crippen LogP contribution is 2.19. The summed E-state index contributed by atoms with van der Waals surface area (Å²) in [5, 5.41) is 0.468. The van der Waals surface area contributed by atoms with E-state index in [2.05, 4.69) is 0 Å². The third kappa shape index (κ3) is 1.65. The molecule has 1 heterocycles. The molecular weight excluding hydrogens is 204 g/mol. The van der Waals surface area contributed by atoms with E-state index in [1.54, 1.807) is 12.1 Å². The number of carbonyl (C=O) groups is 1. The molecule has 0 radical (unpaired) electrons. The largest absolute Gasteiger partial charge is 0.463 e. The molecule has 82 valence electrons. The van der Waals surface area contributed by atoms with Gasteiger partial charge in [0.05, 0.1) is 10.9 Å². The summed E-state index contributed by atoms with van der Waals surface area (Å²) in [6.07, 6.45) is 1.72. The molecule has 0 N–H and O–H groups in total. The van der Waals surface area contributed by atoms with E-state index in [0.29, 0.717) is 23.2 Å². The van der Waals surface area contributed by atoms with E-state index in [9.17, 15) is 9.59 Å². The lowest BCUT2D eigenvalue weighted by Crippen LogP contribution is -2.08. The van der Waals surface area contributed by atoms with Crippen LogP contribution in [0, 0.1) is 0 Å². The van der Waals surface area contributed by atoms with Crippen molar-refractivity contribution in [2.45, 2.75) is 19.8 Å². The molecule has 0 atom stereocenters. The molecule has 16 heavy (non-hydrogen) atoms. The van der Waals surface area contributed by atoms with Crippen molar-refractivity contribution in [3.63, 3.8) is 0 Å². The molecule has 1 aromatic carbocycles. The first-order valence-electron chi connectivity index (χ1n) is 5.14. The number of hydrogen-bond acceptors (Lipinski definition) is 3. The Morgan fingerprint density at radius 1 is 1.31 bits per heavy atom. The first kappa shape index (κ1) is 10.6. The maximum atomic E-state index is 11.8. The quantitative estimate of drug-likeness (QED) is 0.725. The summed E-state index contributed by atoms with van der Waals surface area (Å²) in [6.45, 7) is 4.10. The molecule has 2 aromatic rings. The molecule has 0 spiro atoms. The van der Waals surface area contributed by atoms with Crippen LogP contribution in [0.25, 0.3) is 11.0 Å². The summed E-state index contributed by atoms with van der Waals surface area (Å²) in [4.78, 5) is 22.5. The molecule has 2 rings (SSSR count). The number of hydrogen-bond donors (Lipinski definition) is 0. The lowest BCUT2D eigenvalue weighted by molar-refractivity contribution is 0.112. The minimum absolute atomic E-state index is 0.0633. The summed E-state index contributed by atoms with van der Waals surface area (Å²) in [5.74, 6) is 0.337. The van der Waals surface area contributed by atoms with E-state index < -0.39 is 0 Å². The van der Waals surface area contributed by atoms with Gasteiger partial charge in [-0.3, -0.25) is 9.59 Å². The maximum absolute atomic E-state index is 11.8. The number of rotatable bonds is 2. The zero-order chi connectivity index (χ0) is 11.7. The Kier molecular flexibility index (Phi) is 2.60. The van der Waals surface area contributed by atoms with Gasteiger partial charge in [0.1, 0.15) is 11.8 Å². The maximum Gasteiger partial charge on any atom is 0.203 e. The first-order chi connectivity index (χ1) is 7.63. The van der Waals surface area contributed by atoms with Crippen molar-refractivity contribution >= 4 is 17.3 Å². The van der Waals surface area contributed by atoms with E-state index in [1.807, 2.05) is 19.9 Å². The predicted octanol–water partition coefficient (Wildman–Crippen LogP) is 2.73. The van der Waals surface area contributed by atoms with Crippen molar-refractivity contribution < 1.29 is 9.21 Å². The molecule has 0 saturated carbocycles. The standard InChI is InChI=1S/C13H12O3/c1-8(2)9-3-4-12-11(5-9)13(15)10(6-14)7-16-12/h3-8H,1-2H3. The molecule has 0 bridgehead atoms. The van der Waals surface area contributed by atoms with Crippen LogP contribution < -0.4 is 5.43 Å². The van der Waals surface area contributed by atoms with Crippen molar-refractivity contribution in [3.05, 3.63) is 45.8 Å². The van der Waals surface area contributed by atoms with Gasteiger partial charge in [-0.15, -0.1) is 0 Å². The van der Waals surface area contributed by atoms with Gasteiger partial charge in [0.15, 0.2) is 6.29 Å². The van der Waals surface area contributed by atoms with Crippen LogP contribution in [0.15, 0.2) is 33.7 Å². The molecule has 0 aliphatic heterocycles. The molecule has 0 saturated heterocycles. The van der Waals surface area contributed by atoms with Crippen LogP contribution in [0.2, 0.25) is 0 Å². The average molecular weight is 216 g/mol. The highest BCUT2D eigenvalue weighted by Gasteiger charge is 2.08. The van der Waals surface area contributed by atoms with Crippen molar-refractivity contribution in [2.75, 3.05) is 0 Å². The minimum atomic E-state index is -0.265. The highest BCUT2D eigenvalue weighted by molar-refractivity contribution is 5.84. The van der Waals surface area contributed by atoms with Crippen LogP contribution in [-0.2, 0) is 0 Å². The van der Waals surface area contributed by atoms with E-state index in [-0.39, 0.29) is 11.0 Å². The van der Waals surface area contributed by atoms with Gasteiger partial charge in [-0.2, -0.15) is 0 Å². The fourth-order valence-electron chi connectivity index (χ4n) is 1.60. The van der Waals surface area contributed by atoms with E-state index in [1.165, 1.54) is 6.26 Å². The smallest absolute Gasteiger partial charge is 0.203 e. The van der Waals surface area contributed by atoms with Crippen LogP contribution in [0.1, 0.15) is 35.7 Å². The molecule has 0 unspecified atom stereocenters. The Balaban J connectivity index is 2.79. The molecule has 0 amide bonds. The number of carbonyl (C=O) groups excluding carboxylic acids is 1. The first-order valence-corrected chi connectivity index (χ1v) is 5.14. The molecule has 0 aliphatic rings. The van der Waals surface area contributed by atoms with Crippen LogP contribution in [-0.4, -0.2) is 6.29 Å². The fourth-order valence-corrected chi connectivity index (χ4v) is 1.60. The van der Waals surface area contributed by atoms with Crippen molar-refractivity contribution in [1.82, 2.24) is 0 Å². The van der Waals surface area contributed by atoms with Crippen LogP contribution >= 0.6 is 0 Å². The number of aldehydes is 1. The van der Waals surface area contributed by atoms with E-state index in [0.717, 1.165) is 5.56 Å². The topological polar surface area (TPSA) is 47.3 Å². The van der Waals surface area contributed by atoms with Crippen LogP contribution in [0.5, 0.6) is 0 Å². The van der Waals surface area contributed by atoms with Crippen LogP contribution in [0.4, 0.5) is 0 Å². The zero-order valence-corrected chi connectivity index (χ0v) is 9.19. The van der Waals surface area contributed by atoms with Gasteiger partial charge >= 0.3 is 0 Å². The highest BCUT2D eigenvalue weighted by atomic mass is 16.3. The molecule has 3 nitrogen and oxygen atoms in total. The monoisotopic (exact) mass is 216 g/mol. The molecular formula is C13H12O3. The second-order valence-corrected chi connectivity index (χ2v) is 4.05. The van der Waals surface area contributed by atoms with E-state index in [4.69, 9.17) is 4.42 Å². The lowest BCUT2D eigenvalue weighted by atomic mass is 10.0. The average Bonchev–Trinajstić information content (AvgIpc) is 2.29. The van der Waals surface area contributed by atoms with Crippen LogP contribution in [0.3, 0.4) is 0 Å². The molecule has 0 fully saturated rings. The van der Waals surface area contributed by atoms with Gasteiger partial charge < -0.3 is 4.42 Å². The summed E-state index contributed by atoms with van der Waals surface area (Å²) in [5.41, 5.74) is 1.37. The fraction of sp³-hybridized carbons (Fsp3) is 0.231. The second-order valence-electron chi connectivity index (χ2n) is 4.05. The van der Waals surface area contributed by atoms with Gasteiger partial charge in [0.25, 0.3) is 0 Å². The minimum Gasteiger partial charge on any atom is -0.463 e. The Bertz CT molecular complexity index is 594. The summed E-state index contributed by atoms with van der Waals surface area (Å²) in [7, 11) is 0. The number of benzene rings is 1. The van der Waals surface area contributed by atoms with Gasteiger partial charge in [-0.1, -0.05) is 19.9 Å². The zero-order valence-electron chi connectivity index (χ0n) is 9.19. The Morgan fingerprint density at radius 2 is 2.06 bits per heavy atom. The summed E-state index contributed by atoms with van der Waals surface area (Å²) in [6, 6.07) is 5.48. The van der Waals surface area contributed by atoms with Gasteiger partial charge in [-0.05, 0) is 23.6 Å². The SMILES string of the molecule is CC(C)c1ccc2occ(C=O)c(=O)c2c1. The lowest BCUT2D eigenvalue weighted by Gasteiger charge is -2.05. The molecule has 1 aromatic heterocycles. The van der Waals surface area contributed by atoms with Gasteiger partial charge in [0.2, 0.25) is 5.43 Å². The van der Waals surface area contributed by atoms with Crippen molar-refractivity contribution in [1.29, 1.82) is 0 Å². The Labute approximate surface area is 92.7 Å². The Morgan fingerprint density at radius 3 is 2.69 bits per heavy atom. The van der Waals surface area contributed by atoms with E-state index >= 15 is 0 Å². The van der Waals surface area contributed by atoms with Gasteiger partial charge in [-0.25, -0.2) is 0 Å². The second kappa shape index (κ2) is 3.93. The van der Waals surface area contributed by atoms with Gasteiger partial charge in [0, 0.05) is 0 Å². The molecule has 3 heteroatoms. The van der Waals surface area contributed by atoms with Crippen molar-refractivity contribution in [2.24, 2.45) is 0 Å². The number of fused-ring (bicyclic) bond motifs is 1. The third-order valence-corrected chi connectivity index (χ3v) is 2.62. The predicted molar refractivity (Wildman–Crippen MR) is 62.0 cm³/mol. The summed E-state index contributed by atoms with van der Waals surface area (Å²) < 4.78 is 5.22. The Hall–Kier alpha value is -1.90. The third-order valence-electron chi connectivity index (χ3n) is 2.62.